The average Bonchev–Trinajstić information content (AvgIpc) is 3.28. The molecule has 1 saturated heterocycles. The van der Waals surface area contributed by atoms with Crippen LogP contribution in [0.25, 0.3) is 11.0 Å². The maximum atomic E-state index is 12.9. The number of hydrogen-bond acceptors (Lipinski definition) is 6. The first kappa shape index (κ1) is 22.4. The van der Waals surface area contributed by atoms with Crippen molar-refractivity contribution in [3.05, 3.63) is 56.2 Å². The zero-order valence-corrected chi connectivity index (χ0v) is 18.9. The number of likely N-dealkylation sites (tertiary alicyclic amines) is 1. The van der Waals surface area contributed by atoms with Gasteiger partial charge in [-0.15, -0.1) is 0 Å². The molecule has 8 nitrogen and oxygen atoms in total. The number of aromatic nitrogens is 2. The summed E-state index contributed by atoms with van der Waals surface area (Å²) in [5.41, 5.74) is 2.74. The zero-order valence-electron chi connectivity index (χ0n) is 18.1. The van der Waals surface area contributed by atoms with E-state index in [2.05, 4.69) is 10.2 Å². The van der Waals surface area contributed by atoms with Crippen LogP contribution in [0.5, 0.6) is 5.75 Å². The fraction of sp³-hybridized carbons (Fsp3) is 0.435. The number of ether oxygens (including phenoxy) is 1. The van der Waals surface area contributed by atoms with E-state index in [1.165, 1.54) is 7.11 Å². The van der Waals surface area contributed by atoms with Gasteiger partial charge in [0, 0.05) is 42.4 Å². The number of aromatic amines is 1. The van der Waals surface area contributed by atoms with Gasteiger partial charge in [-0.1, -0.05) is 11.6 Å². The lowest BCUT2D eigenvalue weighted by molar-refractivity contribution is -0.132. The summed E-state index contributed by atoms with van der Waals surface area (Å²) in [5, 5.41) is 17.5. The Morgan fingerprint density at radius 2 is 2.22 bits per heavy atom. The van der Waals surface area contributed by atoms with Gasteiger partial charge in [0.2, 0.25) is 5.91 Å². The van der Waals surface area contributed by atoms with Crippen molar-refractivity contribution in [1.29, 1.82) is 0 Å². The van der Waals surface area contributed by atoms with Crippen molar-refractivity contribution in [1.82, 2.24) is 15.1 Å². The number of carbonyl (C=O) groups excluding carboxylic acids is 1. The molecule has 3 aromatic rings. The van der Waals surface area contributed by atoms with E-state index in [1.807, 2.05) is 17.9 Å². The smallest absolute Gasteiger partial charge is 0.339 e. The molecule has 2 aromatic heterocycles. The van der Waals surface area contributed by atoms with Gasteiger partial charge in [-0.05, 0) is 43.9 Å². The van der Waals surface area contributed by atoms with Crippen LogP contribution in [0.3, 0.4) is 0 Å². The number of benzene rings is 1. The van der Waals surface area contributed by atoms with Crippen molar-refractivity contribution in [3.63, 3.8) is 0 Å². The van der Waals surface area contributed by atoms with E-state index < -0.39 is 5.63 Å². The van der Waals surface area contributed by atoms with Crippen LogP contribution in [-0.4, -0.2) is 46.3 Å². The van der Waals surface area contributed by atoms with Gasteiger partial charge in [-0.25, -0.2) is 4.79 Å². The average molecular weight is 460 g/mol. The number of nitrogens with zero attached hydrogens (tertiary/aromatic N) is 2. The van der Waals surface area contributed by atoms with Crippen LogP contribution in [0.2, 0.25) is 5.02 Å². The molecule has 0 saturated carbocycles. The Balaban J connectivity index is 1.48. The number of rotatable bonds is 6. The lowest BCUT2D eigenvalue weighted by Crippen LogP contribution is -2.39. The number of H-pyrrole nitrogens is 1. The molecule has 3 heterocycles. The molecule has 2 N–H and O–H groups in total. The normalized spacial score (nSPS) is 16.5. The molecule has 4 rings (SSSR count). The first-order chi connectivity index (χ1) is 15.4. The molecule has 9 heteroatoms. The molecule has 170 valence electrons. The minimum atomic E-state index is -0.447. The summed E-state index contributed by atoms with van der Waals surface area (Å²) in [6, 6.07) is 5.17. The predicted molar refractivity (Wildman–Crippen MR) is 120 cm³/mol. The summed E-state index contributed by atoms with van der Waals surface area (Å²) in [6.07, 6.45) is 2.34. The van der Waals surface area contributed by atoms with Crippen LogP contribution in [0.4, 0.5) is 0 Å². The predicted octanol–water partition coefficient (Wildman–Crippen LogP) is 3.32. The van der Waals surface area contributed by atoms with E-state index in [1.54, 1.807) is 12.1 Å². The number of aryl methyl sites for hydroxylation is 1. The minimum absolute atomic E-state index is 0.000669. The van der Waals surface area contributed by atoms with Crippen LogP contribution in [-0.2, 0) is 17.8 Å². The second kappa shape index (κ2) is 9.34. The minimum Gasteiger partial charge on any atom is -0.495 e. The van der Waals surface area contributed by atoms with Crippen LogP contribution in [0.1, 0.15) is 47.7 Å². The number of aliphatic hydroxyl groups is 1. The van der Waals surface area contributed by atoms with E-state index in [4.69, 9.17) is 20.8 Å². The van der Waals surface area contributed by atoms with Gasteiger partial charge in [-0.2, -0.15) is 5.10 Å². The molecule has 1 aromatic carbocycles. The molecule has 1 atom stereocenters. The molecule has 1 unspecified atom stereocenters. The number of piperidine rings is 1. The summed E-state index contributed by atoms with van der Waals surface area (Å²) in [7, 11) is 1.50. The summed E-state index contributed by atoms with van der Waals surface area (Å²) in [4.78, 5) is 27.4. The highest BCUT2D eigenvalue weighted by Crippen LogP contribution is 2.32. The van der Waals surface area contributed by atoms with Gasteiger partial charge in [0.1, 0.15) is 11.3 Å². The lowest BCUT2D eigenvalue weighted by Gasteiger charge is -2.32. The Hall–Kier alpha value is -2.84. The first-order valence-electron chi connectivity index (χ1n) is 10.6. The number of hydrogen-bond donors (Lipinski definition) is 2. The number of halogens is 1. The van der Waals surface area contributed by atoms with Crippen LogP contribution >= 0.6 is 11.6 Å². The second-order valence-electron chi connectivity index (χ2n) is 8.13. The number of methoxy groups -OCH3 is 1. The van der Waals surface area contributed by atoms with E-state index in [0.29, 0.717) is 47.1 Å². The second-order valence-corrected chi connectivity index (χ2v) is 8.54. The third-order valence-corrected chi connectivity index (χ3v) is 6.46. The monoisotopic (exact) mass is 459 g/mol. The van der Waals surface area contributed by atoms with Gasteiger partial charge in [0.25, 0.3) is 0 Å². The largest absolute Gasteiger partial charge is 0.495 e. The van der Waals surface area contributed by atoms with Crippen LogP contribution < -0.4 is 10.4 Å². The molecule has 0 aliphatic carbocycles. The van der Waals surface area contributed by atoms with E-state index in [0.717, 1.165) is 29.5 Å². The fourth-order valence-electron chi connectivity index (χ4n) is 4.34. The molecular weight excluding hydrogens is 434 g/mol. The highest BCUT2D eigenvalue weighted by Gasteiger charge is 2.26. The third-order valence-electron chi connectivity index (χ3n) is 6.16. The fourth-order valence-corrected chi connectivity index (χ4v) is 4.58. The van der Waals surface area contributed by atoms with Crippen molar-refractivity contribution < 1.29 is 19.1 Å². The topological polar surface area (TPSA) is 109 Å². The van der Waals surface area contributed by atoms with Gasteiger partial charge >= 0.3 is 5.63 Å². The lowest BCUT2D eigenvalue weighted by atomic mass is 9.94. The quantitative estimate of drug-likeness (QED) is 0.547. The van der Waals surface area contributed by atoms with Crippen molar-refractivity contribution >= 4 is 28.5 Å². The van der Waals surface area contributed by atoms with Gasteiger partial charge in [0.05, 0.1) is 30.1 Å². The number of amides is 1. The van der Waals surface area contributed by atoms with E-state index in [9.17, 15) is 14.7 Å². The van der Waals surface area contributed by atoms with E-state index in [-0.39, 0.29) is 24.9 Å². The molecule has 0 bridgehead atoms. The summed E-state index contributed by atoms with van der Waals surface area (Å²) in [6.45, 7) is 3.02. The molecule has 1 aliphatic rings. The molecular formula is C23H26ClN3O5. The molecule has 1 amide bonds. The van der Waals surface area contributed by atoms with E-state index >= 15 is 0 Å². The summed E-state index contributed by atoms with van der Waals surface area (Å²) in [5.74, 6) is 0.570. The van der Waals surface area contributed by atoms with Gasteiger partial charge in [-0.3, -0.25) is 9.89 Å². The molecule has 0 spiro atoms. The number of nitrogens with one attached hydrogen (secondary N) is 1. The third kappa shape index (κ3) is 4.38. The summed E-state index contributed by atoms with van der Waals surface area (Å²) < 4.78 is 10.7. The number of aliphatic hydroxyl groups excluding tert-OH is 1. The number of carbonyl (C=O) groups is 1. The van der Waals surface area contributed by atoms with Crippen LogP contribution in [0.15, 0.2) is 27.4 Å². The maximum Gasteiger partial charge on any atom is 0.339 e. The Labute approximate surface area is 190 Å². The Morgan fingerprint density at radius 1 is 1.41 bits per heavy atom. The number of fused-ring (bicyclic) bond motifs is 1. The van der Waals surface area contributed by atoms with Crippen molar-refractivity contribution in [2.24, 2.45) is 0 Å². The Kier molecular flexibility index (Phi) is 6.53. The standard InChI is InChI=1S/C23H26ClN3O5/c1-13-16(23(30)32-20-10-21(31-2)18(24)9-17(13)20)5-6-22(29)27-7-3-4-14(11-27)19-8-15(12-28)25-26-19/h8-10,14,28H,3-7,11-12H2,1-2H3,(H,25,26). The Bertz CT molecular complexity index is 1200. The van der Waals surface area contributed by atoms with Crippen LogP contribution in [0, 0.1) is 6.92 Å². The maximum absolute atomic E-state index is 12.9. The molecule has 32 heavy (non-hydrogen) atoms. The molecule has 1 fully saturated rings. The molecule has 1 aliphatic heterocycles. The zero-order chi connectivity index (χ0) is 22.8. The highest BCUT2D eigenvalue weighted by atomic mass is 35.5. The van der Waals surface area contributed by atoms with Gasteiger partial charge in [0.15, 0.2) is 0 Å². The highest BCUT2D eigenvalue weighted by molar-refractivity contribution is 6.32. The van der Waals surface area contributed by atoms with Gasteiger partial charge < -0.3 is 19.2 Å². The SMILES string of the molecule is COc1cc2oc(=O)c(CCC(=O)N3CCCC(c4cc(CO)[nH]n4)C3)c(C)c2cc1Cl. The van der Waals surface area contributed by atoms with Crippen molar-refractivity contribution in [2.45, 2.75) is 45.1 Å². The Morgan fingerprint density at radius 3 is 2.94 bits per heavy atom. The molecule has 0 radical (unpaired) electrons. The van der Waals surface area contributed by atoms with Crippen molar-refractivity contribution in [3.8, 4) is 5.75 Å². The summed E-state index contributed by atoms with van der Waals surface area (Å²) >= 11 is 6.24. The van der Waals surface area contributed by atoms with Crippen molar-refractivity contribution in [2.75, 3.05) is 20.2 Å². The first-order valence-corrected chi connectivity index (χ1v) is 11.0.